The van der Waals surface area contributed by atoms with Gasteiger partial charge in [-0.2, -0.15) is 0 Å². The highest BCUT2D eigenvalue weighted by Crippen LogP contribution is 2.45. The molecule has 2 aliphatic rings. The molecule has 0 saturated carbocycles. The molecule has 0 aromatic rings. The Kier molecular flexibility index (Phi) is 2.34. The first-order valence-corrected chi connectivity index (χ1v) is 5.83. The summed E-state index contributed by atoms with van der Waals surface area (Å²) in [6, 6.07) is 0.390. The van der Waals surface area contributed by atoms with Crippen LogP contribution in [0.15, 0.2) is 0 Å². The number of carbonyl (C=O) groups excluding carboxylic acids is 1. The molecule has 3 unspecified atom stereocenters. The molecule has 3 heteroatoms. The molecule has 2 heterocycles. The summed E-state index contributed by atoms with van der Waals surface area (Å²) in [5.74, 6) is 1.38. The third-order valence-electron chi connectivity index (χ3n) is 3.77. The Morgan fingerprint density at radius 1 is 1.47 bits per heavy atom. The Labute approximate surface area is 91.8 Å². The summed E-state index contributed by atoms with van der Waals surface area (Å²) in [6.45, 7) is 11.2. The lowest BCUT2D eigenvalue weighted by atomic mass is 9.71. The Hall–Kier alpha value is -0.570. The Morgan fingerprint density at radius 3 is 2.60 bits per heavy atom. The van der Waals surface area contributed by atoms with E-state index in [-0.39, 0.29) is 11.8 Å². The third kappa shape index (κ3) is 1.40. The van der Waals surface area contributed by atoms with Gasteiger partial charge in [0.05, 0.1) is 18.6 Å². The minimum atomic E-state index is -0.403. The van der Waals surface area contributed by atoms with E-state index >= 15 is 0 Å². The average molecular weight is 211 g/mol. The number of carbonyl (C=O) groups is 1. The van der Waals surface area contributed by atoms with Crippen LogP contribution in [-0.4, -0.2) is 29.2 Å². The second-order valence-corrected chi connectivity index (χ2v) is 5.70. The summed E-state index contributed by atoms with van der Waals surface area (Å²) in [6.07, 6.45) is 0. The van der Waals surface area contributed by atoms with Crippen LogP contribution < -0.4 is 0 Å². The van der Waals surface area contributed by atoms with Gasteiger partial charge in [0.1, 0.15) is 5.72 Å². The fraction of sp³-hybridized carbons (Fsp3) is 0.917. The third-order valence-corrected chi connectivity index (χ3v) is 3.77. The Balaban J connectivity index is 2.24. The van der Waals surface area contributed by atoms with E-state index in [2.05, 4.69) is 20.8 Å². The molecule has 0 aromatic heterocycles. The molecule has 0 spiro atoms. The smallest absolute Gasteiger partial charge is 0.230 e. The maximum Gasteiger partial charge on any atom is 0.230 e. The molecule has 2 saturated heterocycles. The lowest BCUT2D eigenvalue weighted by Crippen LogP contribution is -2.74. The summed E-state index contributed by atoms with van der Waals surface area (Å²) in [5, 5.41) is 0. The number of rotatable bonds is 1. The largest absolute Gasteiger partial charge is 0.356 e. The normalized spacial score (nSPS) is 38.9. The van der Waals surface area contributed by atoms with Crippen molar-refractivity contribution in [2.45, 2.75) is 46.4 Å². The van der Waals surface area contributed by atoms with Crippen molar-refractivity contribution in [1.29, 1.82) is 0 Å². The first-order chi connectivity index (χ1) is 6.86. The fourth-order valence-electron chi connectivity index (χ4n) is 2.95. The van der Waals surface area contributed by atoms with Crippen molar-refractivity contribution in [3.8, 4) is 0 Å². The zero-order valence-corrected chi connectivity index (χ0v) is 10.3. The lowest BCUT2D eigenvalue weighted by Gasteiger charge is -2.61. The fourth-order valence-corrected chi connectivity index (χ4v) is 2.95. The van der Waals surface area contributed by atoms with Crippen LogP contribution in [0.4, 0.5) is 0 Å². The summed E-state index contributed by atoms with van der Waals surface area (Å²) in [5.41, 5.74) is -0.403. The van der Waals surface area contributed by atoms with Crippen LogP contribution in [0.1, 0.15) is 34.6 Å². The SMILES string of the molecule is CC(C)C1C(=O)N2C1C(C)COC2(C)C. The van der Waals surface area contributed by atoms with Gasteiger partial charge in [0, 0.05) is 5.92 Å². The van der Waals surface area contributed by atoms with Crippen LogP contribution in [0.25, 0.3) is 0 Å². The van der Waals surface area contributed by atoms with Crippen molar-refractivity contribution in [3.63, 3.8) is 0 Å². The average Bonchev–Trinajstić information content (AvgIpc) is 2.07. The molecule has 3 atom stereocenters. The van der Waals surface area contributed by atoms with Crippen molar-refractivity contribution < 1.29 is 9.53 Å². The molecular formula is C12H21NO2. The van der Waals surface area contributed by atoms with Crippen LogP contribution in [0.3, 0.4) is 0 Å². The topological polar surface area (TPSA) is 29.5 Å². The Bertz CT molecular complexity index is 285. The monoisotopic (exact) mass is 211 g/mol. The van der Waals surface area contributed by atoms with Crippen molar-refractivity contribution >= 4 is 5.91 Å². The summed E-state index contributed by atoms with van der Waals surface area (Å²) in [7, 11) is 0. The molecule has 0 bridgehead atoms. The van der Waals surface area contributed by atoms with Crippen LogP contribution in [0.5, 0.6) is 0 Å². The minimum Gasteiger partial charge on any atom is -0.356 e. The van der Waals surface area contributed by atoms with Gasteiger partial charge in [-0.05, 0) is 19.8 Å². The maximum atomic E-state index is 12.0. The number of nitrogens with zero attached hydrogens (tertiary/aromatic N) is 1. The van der Waals surface area contributed by atoms with Crippen molar-refractivity contribution in [2.75, 3.05) is 6.61 Å². The van der Waals surface area contributed by atoms with Gasteiger partial charge in [-0.3, -0.25) is 4.79 Å². The number of ether oxygens (including phenoxy) is 1. The van der Waals surface area contributed by atoms with Crippen LogP contribution in [-0.2, 0) is 9.53 Å². The lowest BCUT2D eigenvalue weighted by molar-refractivity contribution is -0.251. The molecule has 0 aromatic carbocycles. The van der Waals surface area contributed by atoms with Gasteiger partial charge >= 0.3 is 0 Å². The molecule has 15 heavy (non-hydrogen) atoms. The van der Waals surface area contributed by atoms with Gasteiger partial charge in [0.15, 0.2) is 0 Å². The molecule has 2 fully saturated rings. The quantitative estimate of drug-likeness (QED) is 0.620. The van der Waals surface area contributed by atoms with Gasteiger partial charge in [-0.25, -0.2) is 0 Å². The first kappa shape index (κ1) is 10.9. The van der Waals surface area contributed by atoms with Crippen LogP contribution in [0, 0.1) is 17.8 Å². The van der Waals surface area contributed by atoms with E-state index in [1.54, 1.807) is 0 Å². The van der Waals surface area contributed by atoms with Crippen molar-refractivity contribution in [3.05, 3.63) is 0 Å². The molecule has 0 radical (unpaired) electrons. The predicted octanol–water partition coefficient (Wildman–Crippen LogP) is 1.87. The molecule has 0 N–H and O–H groups in total. The van der Waals surface area contributed by atoms with E-state index < -0.39 is 5.72 Å². The van der Waals surface area contributed by atoms with Crippen molar-refractivity contribution in [2.24, 2.45) is 17.8 Å². The zero-order chi connectivity index (χ0) is 11.4. The van der Waals surface area contributed by atoms with E-state index in [1.165, 1.54) is 0 Å². The highest BCUT2D eigenvalue weighted by atomic mass is 16.5. The first-order valence-electron chi connectivity index (χ1n) is 5.83. The summed E-state index contributed by atoms with van der Waals surface area (Å²) in [4.78, 5) is 14.0. The van der Waals surface area contributed by atoms with Crippen LogP contribution in [0.2, 0.25) is 0 Å². The van der Waals surface area contributed by atoms with Gasteiger partial charge < -0.3 is 9.64 Å². The summed E-state index contributed by atoms with van der Waals surface area (Å²) >= 11 is 0. The van der Waals surface area contributed by atoms with Gasteiger partial charge in [0.2, 0.25) is 5.91 Å². The van der Waals surface area contributed by atoms with Crippen molar-refractivity contribution in [1.82, 2.24) is 4.90 Å². The van der Waals surface area contributed by atoms with E-state index in [0.717, 1.165) is 6.61 Å². The molecular weight excluding hydrogens is 190 g/mol. The van der Waals surface area contributed by atoms with E-state index in [9.17, 15) is 4.79 Å². The highest BCUT2D eigenvalue weighted by molar-refractivity contribution is 5.87. The molecule has 86 valence electrons. The highest BCUT2D eigenvalue weighted by Gasteiger charge is 2.58. The Morgan fingerprint density at radius 2 is 2.07 bits per heavy atom. The predicted molar refractivity (Wildman–Crippen MR) is 58.2 cm³/mol. The number of β-lactam (4-membered cyclic amide) rings is 1. The maximum absolute atomic E-state index is 12.0. The van der Waals surface area contributed by atoms with E-state index in [4.69, 9.17) is 4.74 Å². The van der Waals surface area contributed by atoms with Crippen LogP contribution >= 0.6 is 0 Å². The van der Waals surface area contributed by atoms with Gasteiger partial charge in [-0.1, -0.05) is 20.8 Å². The molecule has 1 amide bonds. The van der Waals surface area contributed by atoms with Gasteiger partial charge in [-0.15, -0.1) is 0 Å². The molecule has 0 aliphatic carbocycles. The minimum absolute atomic E-state index is 0.211. The number of fused-ring (bicyclic) bond motifs is 1. The van der Waals surface area contributed by atoms with E-state index in [1.807, 2.05) is 18.7 Å². The number of hydrogen-bond donors (Lipinski definition) is 0. The van der Waals surface area contributed by atoms with E-state index in [0.29, 0.717) is 17.9 Å². The van der Waals surface area contributed by atoms with Gasteiger partial charge in [0.25, 0.3) is 0 Å². The standard InChI is InChI=1S/C12H21NO2/c1-7(2)9-10-8(3)6-15-12(4,5)13(10)11(9)14/h7-10H,6H2,1-5H3. The number of hydrogen-bond acceptors (Lipinski definition) is 2. The summed E-state index contributed by atoms with van der Waals surface area (Å²) < 4.78 is 5.72. The molecule has 2 rings (SSSR count). The second-order valence-electron chi connectivity index (χ2n) is 5.70. The number of amides is 1. The second kappa shape index (κ2) is 3.21. The molecule has 2 aliphatic heterocycles. The molecule has 3 nitrogen and oxygen atoms in total. The zero-order valence-electron chi connectivity index (χ0n) is 10.3.